The zero-order chi connectivity index (χ0) is 28.6. The maximum Gasteiger partial charge on any atom is 0.115 e. The second-order valence-corrected chi connectivity index (χ2v) is 9.60. The number of benzene rings is 3. The third-order valence-corrected chi connectivity index (χ3v) is 6.66. The first kappa shape index (κ1) is 32.4. The van der Waals surface area contributed by atoms with Gasteiger partial charge in [0.2, 0.25) is 0 Å². The van der Waals surface area contributed by atoms with E-state index in [1.165, 1.54) is 22.3 Å². The van der Waals surface area contributed by atoms with Gasteiger partial charge in [0.15, 0.2) is 0 Å². The highest BCUT2D eigenvalue weighted by Gasteiger charge is 2.37. The van der Waals surface area contributed by atoms with Crippen LogP contribution in [0.3, 0.4) is 0 Å². The molecule has 3 rings (SSSR count). The lowest BCUT2D eigenvalue weighted by molar-refractivity contribution is 0.386. The molecule has 204 valence electrons. The molecule has 0 aliphatic carbocycles. The van der Waals surface area contributed by atoms with E-state index in [0.717, 1.165) is 25.0 Å². The number of hydrogen-bond donors (Lipinski definition) is 2. The molecule has 3 aromatic carbocycles. The van der Waals surface area contributed by atoms with Crippen LogP contribution in [0, 0.1) is 5.92 Å². The van der Waals surface area contributed by atoms with E-state index in [-0.39, 0.29) is 0 Å². The van der Waals surface area contributed by atoms with Crippen LogP contribution in [0.4, 0.5) is 0 Å². The molecule has 0 radical (unpaired) electrons. The topological polar surface area (TPSA) is 50.4 Å². The number of amidine groups is 1. The number of hydrogen-bond acceptors (Lipinski definition) is 2. The van der Waals surface area contributed by atoms with Crippen molar-refractivity contribution in [3.05, 3.63) is 127 Å². The Hall–Kier alpha value is -3.59. The molecule has 3 nitrogen and oxygen atoms in total. The fourth-order valence-electron chi connectivity index (χ4n) is 4.56. The lowest BCUT2D eigenvalue weighted by Crippen LogP contribution is -2.34. The molecular formula is C35H49N3. The first-order valence-electron chi connectivity index (χ1n) is 13.8. The highest BCUT2D eigenvalue weighted by Crippen LogP contribution is 2.40. The molecule has 3 N–H and O–H groups in total. The normalized spacial score (nSPS) is 11.2. The van der Waals surface area contributed by atoms with Crippen molar-refractivity contribution >= 4 is 11.5 Å². The molecule has 0 saturated heterocycles. The summed E-state index contributed by atoms with van der Waals surface area (Å²) in [6.07, 6.45) is 3.36. The van der Waals surface area contributed by atoms with Gasteiger partial charge in [0.25, 0.3) is 0 Å². The van der Waals surface area contributed by atoms with E-state index in [0.29, 0.717) is 17.8 Å². The fourth-order valence-corrected chi connectivity index (χ4v) is 4.56. The maximum absolute atomic E-state index is 5.94. The van der Waals surface area contributed by atoms with Gasteiger partial charge in [-0.3, -0.25) is 4.99 Å². The average molecular weight is 512 g/mol. The summed E-state index contributed by atoms with van der Waals surface area (Å²) in [4.78, 5) is 4.84. The maximum atomic E-state index is 5.94. The first-order chi connectivity index (χ1) is 18.3. The number of aliphatic imine (C=N–C) groups is 1. The summed E-state index contributed by atoms with van der Waals surface area (Å²) in [5.74, 6) is 0.900. The van der Waals surface area contributed by atoms with E-state index >= 15 is 0 Å². The van der Waals surface area contributed by atoms with Crippen LogP contribution in [0.2, 0.25) is 0 Å². The minimum atomic E-state index is -0.429. The van der Waals surface area contributed by atoms with E-state index in [1.54, 1.807) is 0 Å². The van der Waals surface area contributed by atoms with E-state index in [1.807, 2.05) is 19.1 Å². The van der Waals surface area contributed by atoms with Crippen molar-refractivity contribution in [3.8, 4) is 0 Å². The molecule has 38 heavy (non-hydrogen) atoms. The zero-order valence-electron chi connectivity index (χ0n) is 24.5. The quantitative estimate of drug-likeness (QED) is 0.162. The van der Waals surface area contributed by atoms with Crippen LogP contribution in [0.5, 0.6) is 0 Å². The van der Waals surface area contributed by atoms with E-state index in [2.05, 4.69) is 132 Å². The largest absolute Gasteiger partial charge is 0.388 e. The molecule has 0 aliphatic heterocycles. The molecule has 0 unspecified atom stereocenters. The van der Waals surface area contributed by atoms with Crippen LogP contribution < -0.4 is 11.1 Å². The summed E-state index contributed by atoms with van der Waals surface area (Å²) in [5, 5.41) is 3.49. The molecule has 0 fully saturated rings. The third-order valence-electron chi connectivity index (χ3n) is 6.66. The van der Waals surface area contributed by atoms with Crippen molar-refractivity contribution in [2.24, 2.45) is 16.6 Å². The monoisotopic (exact) mass is 511 g/mol. The molecule has 3 aromatic rings. The number of nitrogens with two attached hydrogens (primary N) is 1. The Morgan fingerprint density at radius 1 is 0.842 bits per heavy atom. The molecule has 0 heterocycles. The number of nitrogens with one attached hydrogen (secondary N) is 1. The molecule has 0 aliphatic rings. The lowest BCUT2D eigenvalue weighted by atomic mass is 9.75. The van der Waals surface area contributed by atoms with Gasteiger partial charge in [-0.15, -0.1) is 13.2 Å². The van der Waals surface area contributed by atoms with Gasteiger partial charge < -0.3 is 11.1 Å². The summed E-state index contributed by atoms with van der Waals surface area (Å²) in [5.41, 5.74) is 11.5. The van der Waals surface area contributed by atoms with Crippen molar-refractivity contribution in [3.63, 3.8) is 0 Å². The second-order valence-electron chi connectivity index (χ2n) is 9.60. The highest BCUT2D eigenvalue weighted by molar-refractivity contribution is 5.78. The van der Waals surface area contributed by atoms with Crippen LogP contribution >= 0.6 is 0 Å². The third kappa shape index (κ3) is 9.06. The van der Waals surface area contributed by atoms with Crippen LogP contribution in [0.1, 0.15) is 76.6 Å². The number of rotatable bonds is 10. The van der Waals surface area contributed by atoms with Gasteiger partial charge in [-0.05, 0) is 60.4 Å². The van der Waals surface area contributed by atoms with Crippen molar-refractivity contribution in [2.75, 3.05) is 0 Å². The summed E-state index contributed by atoms with van der Waals surface area (Å²) in [6.45, 7) is 22.9. The highest BCUT2D eigenvalue weighted by atomic mass is 14.9. The minimum absolute atomic E-state index is 0.297. The summed E-state index contributed by atoms with van der Waals surface area (Å²) in [7, 11) is 0. The van der Waals surface area contributed by atoms with Crippen LogP contribution in [0.25, 0.3) is 5.70 Å². The second kappa shape index (κ2) is 17.0. The minimum Gasteiger partial charge on any atom is -0.388 e. The van der Waals surface area contributed by atoms with Gasteiger partial charge in [-0.1, -0.05) is 120 Å². The number of aryl methyl sites for hydroxylation is 1. The summed E-state index contributed by atoms with van der Waals surface area (Å²) < 4.78 is 0. The zero-order valence-corrected chi connectivity index (χ0v) is 24.5. The van der Waals surface area contributed by atoms with E-state index in [9.17, 15) is 0 Å². The van der Waals surface area contributed by atoms with Gasteiger partial charge >= 0.3 is 0 Å². The van der Waals surface area contributed by atoms with Gasteiger partial charge in [0, 0.05) is 11.7 Å². The van der Waals surface area contributed by atoms with E-state index in [4.69, 9.17) is 10.7 Å². The van der Waals surface area contributed by atoms with Crippen molar-refractivity contribution < 1.29 is 0 Å². The lowest BCUT2D eigenvalue weighted by Gasteiger charge is -2.35. The smallest absolute Gasteiger partial charge is 0.115 e. The molecular weight excluding hydrogens is 462 g/mol. The van der Waals surface area contributed by atoms with Gasteiger partial charge in [-0.2, -0.15) is 0 Å². The molecule has 0 aromatic heterocycles. The molecule has 3 heteroatoms. The molecule has 0 bridgehead atoms. The SMILES string of the molecule is C=C.C=C(NC(CC)CC)c1cccc(CC)c1.CC(N)=NC(c1ccccc1)(c1ccccc1)C(C)C. The van der Waals surface area contributed by atoms with Crippen LogP contribution in [0.15, 0.2) is 110 Å². The van der Waals surface area contributed by atoms with E-state index < -0.39 is 5.54 Å². The molecule has 0 amide bonds. The Morgan fingerprint density at radius 2 is 1.34 bits per heavy atom. The van der Waals surface area contributed by atoms with Crippen molar-refractivity contribution in [1.29, 1.82) is 0 Å². The van der Waals surface area contributed by atoms with Crippen LogP contribution in [-0.4, -0.2) is 11.9 Å². The Morgan fingerprint density at radius 3 is 1.74 bits per heavy atom. The van der Waals surface area contributed by atoms with Gasteiger partial charge in [0.05, 0.1) is 5.84 Å². The molecule has 0 spiro atoms. The number of nitrogens with zero attached hydrogens (tertiary/aromatic N) is 1. The molecule has 0 atom stereocenters. The Bertz CT molecular complexity index is 1050. The predicted octanol–water partition coefficient (Wildman–Crippen LogP) is 8.76. The van der Waals surface area contributed by atoms with Gasteiger partial charge in [-0.25, -0.2) is 0 Å². The Kier molecular flexibility index (Phi) is 14.5. The average Bonchev–Trinajstić information content (AvgIpc) is 2.96. The van der Waals surface area contributed by atoms with Crippen molar-refractivity contribution in [1.82, 2.24) is 5.32 Å². The first-order valence-corrected chi connectivity index (χ1v) is 13.8. The predicted molar refractivity (Wildman–Crippen MR) is 169 cm³/mol. The van der Waals surface area contributed by atoms with Crippen molar-refractivity contribution in [2.45, 2.75) is 72.4 Å². The summed E-state index contributed by atoms with van der Waals surface area (Å²) in [6, 6.07) is 29.9. The molecule has 0 saturated carbocycles. The van der Waals surface area contributed by atoms with Gasteiger partial charge in [0.1, 0.15) is 5.54 Å². The summed E-state index contributed by atoms with van der Waals surface area (Å²) >= 11 is 0. The van der Waals surface area contributed by atoms with Crippen LogP contribution in [-0.2, 0) is 12.0 Å². The fraction of sp³-hybridized carbons (Fsp3) is 0.343. The Balaban J connectivity index is 0.000000365. The Labute approximate surface area is 232 Å². The standard InChI is InChI=1S/C18H22N2.C15H23N.C2H4/c1-14(2)18(20-15(3)19,16-10-6-4-7-11-16)17-12-8-5-9-13-17;1-5-13-9-8-10-14(11-13)12(4)16-15(6-2)7-3;1-2/h4-14H,1-3H3,(H2,19,20);8-11,15-16H,4-7H2,1-3H3;1-2H2.